The van der Waals surface area contributed by atoms with Gasteiger partial charge in [-0.3, -0.25) is 9.59 Å². The van der Waals surface area contributed by atoms with Crippen LogP contribution in [0, 0.1) is 17.0 Å². The summed E-state index contributed by atoms with van der Waals surface area (Å²) < 4.78 is 28.7. The van der Waals surface area contributed by atoms with Crippen molar-refractivity contribution in [3.8, 4) is 11.3 Å². The summed E-state index contributed by atoms with van der Waals surface area (Å²) in [4.78, 5) is 32.3. The van der Waals surface area contributed by atoms with E-state index in [1.807, 2.05) is 0 Å². The third-order valence-electron chi connectivity index (χ3n) is 7.58. The fourth-order valence-electron chi connectivity index (χ4n) is 5.77. The van der Waals surface area contributed by atoms with Crippen LogP contribution in [-0.2, 0) is 5.41 Å². The van der Waals surface area contributed by atoms with E-state index in [0.29, 0.717) is 6.54 Å². The molecule has 1 aromatic carbocycles. The number of nitrogens with zero attached hydrogens (tertiary/aromatic N) is 4. The Bertz CT molecular complexity index is 1300. The van der Waals surface area contributed by atoms with Gasteiger partial charge in [-0.1, -0.05) is 19.9 Å². The van der Waals surface area contributed by atoms with E-state index in [1.165, 1.54) is 24.4 Å². The zero-order chi connectivity index (χ0) is 23.5. The molecule has 2 aliphatic rings. The number of likely N-dealkylation sites (N-methyl/N-ethyl adjacent to an activating group) is 1. The number of benzene rings is 1. The van der Waals surface area contributed by atoms with Crippen molar-refractivity contribution in [2.75, 3.05) is 13.6 Å². The molecule has 2 atom stereocenters. The van der Waals surface area contributed by atoms with Crippen LogP contribution in [0.3, 0.4) is 0 Å². The number of aromatic amines is 1. The number of carbonyl (C=O) groups is 1. The molecule has 5 rings (SSSR count). The van der Waals surface area contributed by atoms with E-state index in [4.69, 9.17) is 0 Å². The number of hydrogen-bond donors (Lipinski definition) is 1. The topological polar surface area (TPSA) is 91.8 Å². The summed E-state index contributed by atoms with van der Waals surface area (Å²) >= 11 is 0. The molecule has 3 aromatic rings. The van der Waals surface area contributed by atoms with E-state index in [9.17, 15) is 18.4 Å². The molecule has 0 saturated heterocycles. The molecule has 2 bridgehead atoms. The van der Waals surface area contributed by atoms with Crippen molar-refractivity contribution in [3.05, 3.63) is 75.6 Å². The summed E-state index contributed by atoms with van der Waals surface area (Å²) in [5.41, 5.74) is 0.761. The molecular formula is C24H23F2N5O2. The van der Waals surface area contributed by atoms with E-state index in [0.717, 1.165) is 30.3 Å². The second-order valence-electron chi connectivity index (χ2n) is 9.48. The minimum atomic E-state index is -0.680. The van der Waals surface area contributed by atoms with Crippen molar-refractivity contribution in [1.82, 2.24) is 25.1 Å². The highest BCUT2D eigenvalue weighted by atomic mass is 19.1. The number of aromatic nitrogens is 4. The van der Waals surface area contributed by atoms with E-state index in [1.54, 1.807) is 18.0 Å². The number of hydrogen-bond acceptors (Lipinski definition) is 5. The molecule has 0 spiro atoms. The van der Waals surface area contributed by atoms with Crippen LogP contribution in [0.25, 0.3) is 11.3 Å². The molecule has 1 N–H and O–H groups in total. The number of amides is 1. The van der Waals surface area contributed by atoms with Gasteiger partial charge in [0.25, 0.3) is 11.5 Å². The van der Waals surface area contributed by atoms with Crippen molar-refractivity contribution in [2.24, 2.45) is 5.41 Å². The van der Waals surface area contributed by atoms with Gasteiger partial charge in [0.1, 0.15) is 17.3 Å². The Morgan fingerprint density at radius 3 is 2.64 bits per heavy atom. The van der Waals surface area contributed by atoms with Crippen LogP contribution in [0.4, 0.5) is 8.78 Å². The molecule has 170 valence electrons. The second kappa shape index (κ2) is 7.26. The standard InChI is InChI=1S/C24H23F2N5O2/c1-23(2)14-7-8-24(23,12-31(3)22(33)18-10-28-19(32)11-27-18)21-13(14)9-17(29-30-21)20-15(25)5-4-6-16(20)26/h4-6,9-11,14H,7-8,12H2,1-3H3,(H,28,32)/t14-,24-/m0/s1. The summed E-state index contributed by atoms with van der Waals surface area (Å²) in [5, 5.41) is 8.69. The second-order valence-corrected chi connectivity index (χ2v) is 9.48. The fraction of sp³-hybridized carbons (Fsp3) is 0.375. The molecule has 9 heteroatoms. The van der Waals surface area contributed by atoms with E-state index < -0.39 is 17.0 Å². The summed E-state index contributed by atoms with van der Waals surface area (Å²) in [5.74, 6) is -1.54. The van der Waals surface area contributed by atoms with Crippen molar-refractivity contribution in [2.45, 2.75) is 38.0 Å². The van der Waals surface area contributed by atoms with Crippen LogP contribution in [0.15, 0.2) is 41.5 Å². The van der Waals surface area contributed by atoms with Crippen LogP contribution in [0.2, 0.25) is 0 Å². The lowest BCUT2D eigenvalue weighted by Crippen LogP contribution is -2.47. The normalized spacial score (nSPS) is 22.3. The first-order valence-electron chi connectivity index (χ1n) is 10.8. The largest absolute Gasteiger partial charge is 0.339 e. The molecular weight excluding hydrogens is 428 g/mol. The lowest BCUT2D eigenvalue weighted by Gasteiger charge is -2.40. The Hall–Kier alpha value is -3.49. The lowest BCUT2D eigenvalue weighted by molar-refractivity contribution is 0.0691. The Balaban J connectivity index is 1.54. The summed E-state index contributed by atoms with van der Waals surface area (Å²) in [6.45, 7) is 4.67. The molecule has 1 saturated carbocycles. The molecule has 2 heterocycles. The number of carbonyl (C=O) groups excluding carboxylic acids is 1. The van der Waals surface area contributed by atoms with Gasteiger partial charge < -0.3 is 9.88 Å². The molecule has 7 nitrogen and oxygen atoms in total. The Labute approximate surface area is 188 Å². The Morgan fingerprint density at radius 2 is 1.97 bits per heavy atom. The third kappa shape index (κ3) is 3.02. The average Bonchev–Trinajstić information content (AvgIpc) is 3.13. The number of H-pyrrole nitrogens is 1. The maximum Gasteiger partial charge on any atom is 0.273 e. The summed E-state index contributed by atoms with van der Waals surface area (Å²) in [6, 6.07) is 5.48. The number of nitrogens with one attached hydrogen (secondary N) is 1. The van der Waals surface area contributed by atoms with Crippen molar-refractivity contribution in [1.29, 1.82) is 0 Å². The van der Waals surface area contributed by atoms with Gasteiger partial charge in [0.15, 0.2) is 0 Å². The number of rotatable bonds is 4. The quantitative estimate of drug-likeness (QED) is 0.656. The minimum Gasteiger partial charge on any atom is -0.339 e. The smallest absolute Gasteiger partial charge is 0.273 e. The van der Waals surface area contributed by atoms with Crippen molar-refractivity contribution in [3.63, 3.8) is 0 Å². The average molecular weight is 451 g/mol. The molecule has 2 aromatic heterocycles. The van der Waals surface area contributed by atoms with E-state index in [-0.39, 0.29) is 39.8 Å². The zero-order valence-electron chi connectivity index (χ0n) is 18.5. The highest BCUT2D eigenvalue weighted by Gasteiger charge is 2.63. The molecule has 0 unspecified atom stereocenters. The predicted molar refractivity (Wildman–Crippen MR) is 117 cm³/mol. The van der Waals surface area contributed by atoms with Crippen molar-refractivity contribution >= 4 is 5.91 Å². The molecule has 33 heavy (non-hydrogen) atoms. The van der Waals surface area contributed by atoms with Gasteiger partial charge in [0.2, 0.25) is 0 Å². The first-order valence-corrected chi connectivity index (χ1v) is 10.8. The van der Waals surface area contributed by atoms with Crippen LogP contribution in [0.1, 0.15) is 54.4 Å². The van der Waals surface area contributed by atoms with E-state index >= 15 is 0 Å². The monoisotopic (exact) mass is 451 g/mol. The Morgan fingerprint density at radius 1 is 1.24 bits per heavy atom. The maximum absolute atomic E-state index is 14.4. The van der Waals surface area contributed by atoms with Crippen molar-refractivity contribution < 1.29 is 13.6 Å². The first-order chi connectivity index (χ1) is 15.7. The van der Waals surface area contributed by atoms with Crippen LogP contribution >= 0.6 is 0 Å². The Kier molecular flexibility index (Phi) is 4.70. The van der Waals surface area contributed by atoms with Gasteiger partial charge in [-0.2, -0.15) is 10.2 Å². The van der Waals surface area contributed by atoms with Crippen LogP contribution in [-0.4, -0.2) is 44.6 Å². The predicted octanol–water partition coefficient (Wildman–Crippen LogP) is 3.43. The molecule has 0 aliphatic heterocycles. The highest BCUT2D eigenvalue weighted by Crippen LogP contribution is 2.67. The first kappa shape index (κ1) is 21.4. The SMILES string of the molecule is CN(C[C@@]12CC[C@@H](c3cc(-c4c(F)cccc4F)nnc31)C2(C)C)C(=O)c1c[nH]c(=O)cn1. The van der Waals surface area contributed by atoms with Gasteiger partial charge in [-0.05, 0) is 47.9 Å². The number of fused-ring (bicyclic) bond motifs is 5. The maximum atomic E-state index is 14.4. The van der Waals surface area contributed by atoms with Gasteiger partial charge >= 0.3 is 0 Å². The zero-order valence-corrected chi connectivity index (χ0v) is 18.5. The molecule has 0 radical (unpaired) electrons. The third-order valence-corrected chi connectivity index (χ3v) is 7.58. The van der Waals surface area contributed by atoms with E-state index in [2.05, 4.69) is 34.0 Å². The lowest BCUT2D eigenvalue weighted by atomic mass is 9.68. The van der Waals surface area contributed by atoms with Gasteiger partial charge in [0.05, 0.1) is 23.1 Å². The van der Waals surface area contributed by atoms with Gasteiger partial charge in [0, 0.05) is 25.2 Å². The number of halogens is 2. The summed E-state index contributed by atoms with van der Waals surface area (Å²) in [6.07, 6.45) is 4.08. The molecule has 2 aliphatic carbocycles. The minimum absolute atomic E-state index is 0.131. The molecule has 1 fully saturated rings. The highest BCUT2D eigenvalue weighted by molar-refractivity contribution is 5.91. The summed E-state index contributed by atoms with van der Waals surface area (Å²) in [7, 11) is 1.70. The molecule has 1 amide bonds. The van der Waals surface area contributed by atoms with Crippen LogP contribution in [0.5, 0.6) is 0 Å². The van der Waals surface area contributed by atoms with Gasteiger partial charge in [-0.15, -0.1) is 0 Å². The van der Waals surface area contributed by atoms with Gasteiger partial charge in [-0.25, -0.2) is 13.8 Å². The fourth-order valence-corrected chi connectivity index (χ4v) is 5.77. The van der Waals surface area contributed by atoms with Crippen LogP contribution < -0.4 is 5.56 Å².